The molecule has 0 aromatic carbocycles. The van der Waals surface area contributed by atoms with Crippen LogP contribution in [0, 0.1) is 6.92 Å². The minimum Gasteiger partial charge on any atom is -0.453 e. The molecule has 0 aliphatic carbocycles. The summed E-state index contributed by atoms with van der Waals surface area (Å²) in [6.45, 7) is 2.87. The van der Waals surface area contributed by atoms with Gasteiger partial charge in [-0.2, -0.15) is 4.31 Å². The van der Waals surface area contributed by atoms with Gasteiger partial charge < -0.3 is 14.0 Å². The van der Waals surface area contributed by atoms with E-state index in [1.807, 2.05) is 0 Å². The van der Waals surface area contributed by atoms with Gasteiger partial charge in [0.25, 0.3) is 0 Å². The lowest BCUT2D eigenvalue weighted by atomic mass is 10.4. The van der Waals surface area contributed by atoms with Gasteiger partial charge in [-0.05, 0) is 18.4 Å². The fourth-order valence-electron chi connectivity index (χ4n) is 2.26. The molecular formula is C14H16N2O6S2. The van der Waals surface area contributed by atoms with E-state index in [1.54, 1.807) is 18.4 Å². The van der Waals surface area contributed by atoms with E-state index >= 15 is 0 Å². The molecule has 130 valence electrons. The summed E-state index contributed by atoms with van der Waals surface area (Å²) in [5.74, 6) is -0.305. The Balaban J connectivity index is 1.75. The molecule has 24 heavy (non-hydrogen) atoms. The first-order valence-electron chi connectivity index (χ1n) is 7.23. The van der Waals surface area contributed by atoms with Crippen molar-refractivity contribution in [2.24, 2.45) is 0 Å². The number of morpholine rings is 1. The zero-order valence-corrected chi connectivity index (χ0v) is 14.6. The van der Waals surface area contributed by atoms with Crippen LogP contribution < -0.4 is 0 Å². The molecule has 1 fully saturated rings. The van der Waals surface area contributed by atoms with Crippen LogP contribution in [0.25, 0.3) is 0 Å². The van der Waals surface area contributed by atoms with E-state index in [2.05, 4.69) is 5.16 Å². The maximum atomic E-state index is 12.7. The summed E-state index contributed by atoms with van der Waals surface area (Å²) in [5, 5.41) is 5.26. The summed E-state index contributed by atoms with van der Waals surface area (Å²) in [5.41, 5.74) is 0.674. The molecule has 0 unspecified atom stereocenters. The highest BCUT2D eigenvalue weighted by atomic mass is 32.2. The molecule has 0 bridgehead atoms. The lowest BCUT2D eigenvalue weighted by molar-refractivity contribution is 0.0438. The molecule has 10 heteroatoms. The average Bonchev–Trinajstić information content (AvgIpc) is 3.23. The topological polar surface area (TPSA) is 98.9 Å². The van der Waals surface area contributed by atoms with E-state index in [-0.39, 0.29) is 29.5 Å². The van der Waals surface area contributed by atoms with Gasteiger partial charge in [0.2, 0.25) is 10.0 Å². The summed E-state index contributed by atoms with van der Waals surface area (Å²) >= 11 is 1.03. The fraction of sp³-hybridized carbons (Fsp3) is 0.429. The Labute approximate surface area is 143 Å². The summed E-state index contributed by atoms with van der Waals surface area (Å²) in [6.07, 6.45) is 0. The van der Waals surface area contributed by atoms with Gasteiger partial charge >= 0.3 is 5.97 Å². The molecule has 0 amide bonds. The Morgan fingerprint density at radius 2 is 2.17 bits per heavy atom. The van der Waals surface area contributed by atoms with Crippen molar-refractivity contribution in [2.75, 3.05) is 26.3 Å². The van der Waals surface area contributed by atoms with E-state index in [9.17, 15) is 13.2 Å². The molecule has 1 saturated heterocycles. The molecular weight excluding hydrogens is 356 g/mol. The third kappa shape index (κ3) is 3.51. The van der Waals surface area contributed by atoms with Crippen molar-refractivity contribution in [3.8, 4) is 0 Å². The van der Waals surface area contributed by atoms with Crippen LogP contribution in [0.4, 0.5) is 0 Å². The molecule has 0 atom stereocenters. The van der Waals surface area contributed by atoms with Crippen LogP contribution in [0.2, 0.25) is 0 Å². The number of thiophene rings is 1. The number of aromatic nitrogens is 1. The van der Waals surface area contributed by atoms with E-state index in [4.69, 9.17) is 14.0 Å². The van der Waals surface area contributed by atoms with Crippen molar-refractivity contribution in [3.05, 3.63) is 33.8 Å². The molecule has 0 radical (unpaired) electrons. The van der Waals surface area contributed by atoms with Gasteiger partial charge in [-0.3, -0.25) is 0 Å². The molecule has 1 aliphatic heterocycles. The Morgan fingerprint density at radius 1 is 1.42 bits per heavy atom. The number of aryl methyl sites for hydroxylation is 1. The van der Waals surface area contributed by atoms with Gasteiger partial charge in [-0.1, -0.05) is 5.16 Å². The highest BCUT2D eigenvalue weighted by Gasteiger charge is 2.31. The van der Waals surface area contributed by atoms with Crippen molar-refractivity contribution in [3.63, 3.8) is 0 Å². The first-order chi connectivity index (χ1) is 11.5. The first kappa shape index (κ1) is 17.1. The van der Waals surface area contributed by atoms with E-state index in [0.717, 1.165) is 11.3 Å². The van der Waals surface area contributed by atoms with Crippen molar-refractivity contribution in [2.45, 2.75) is 18.4 Å². The van der Waals surface area contributed by atoms with Gasteiger partial charge in [-0.15, -0.1) is 11.3 Å². The standard InChI is InChI=1S/C14H16N2O6S2/c1-10-8-11(22-15-10)9-21-14(17)13-12(2-7-23-13)24(18,19)16-3-5-20-6-4-16/h2,7-8H,3-6,9H2,1H3. The molecule has 0 N–H and O–H groups in total. The summed E-state index contributed by atoms with van der Waals surface area (Å²) < 4.78 is 42.0. The second-order valence-corrected chi connectivity index (χ2v) is 7.96. The third-order valence-electron chi connectivity index (χ3n) is 3.42. The Kier molecular flexibility index (Phi) is 4.99. The summed E-state index contributed by atoms with van der Waals surface area (Å²) in [6, 6.07) is 3.07. The van der Waals surface area contributed by atoms with Crippen molar-refractivity contribution in [1.82, 2.24) is 9.46 Å². The number of ether oxygens (including phenoxy) is 2. The zero-order valence-electron chi connectivity index (χ0n) is 12.9. The number of carbonyl (C=O) groups excluding carboxylic acids is 1. The molecule has 3 rings (SSSR count). The second-order valence-electron chi connectivity index (χ2n) is 5.14. The molecule has 8 nitrogen and oxygen atoms in total. The van der Waals surface area contributed by atoms with Crippen LogP contribution in [0.5, 0.6) is 0 Å². The highest BCUT2D eigenvalue weighted by Crippen LogP contribution is 2.27. The predicted octanol–water partition coefficient (Wildman–Crippen LogP) is 1.42. The molecule has 3 heterocycles. The third-order valence-corrected chi connectivity index (χ3v) is 6.39. The van der Waals surface area contributed by atoms with Crippen LogP contribution in [-0.4, -0.2) is 50.2 Å². The van der Waals surface area contributed by atoms with Crippen LogP contribution in [0.3, 0.4) is 0 Å². The molecule has 2 aromatic heterocycles. The average molecular weight is 372 g/mol. The number of rotatable bonds is 5. The zero-order chi connectivity index (χ0) is 17.2. The number of nitrogens with zero attached hydrogens (tertiary/aromatic N) is 2. The van der Waals surface area contributed by atoms with Crippen molar-refractivity contribution < 1.29 is 27.2 Å². The number of hydrogen-bond acceptors (Lipinski definition) is 8. The summed E-state index contributed by atoms with van der Waals surface area (Å²) in [4.78, 5) is 12.3. The normalized spacial score (nSPS) is 16.2. The van der Waals surface area contributed by atoms with E-state index in [0.29, 0.717) is 24.7 Å². The Morgan fingerprint density at radius 3 is 2.83 bits per heavy atom. The number of carbonyl (C=O) groups is 1. The minimum absolute atomic E-state index is 0.0341. The number of hydrogen-bond donors (Lipinski definition) is 0. The molecule has 0 saturated carbocycles. The maximum Gasteiger partial charge on any atom is 0.350 e. The van der Waals surface area contributed by atoms with E-state index < -0.39 is 16.0 Å². The number of sulfonamides is 1. The van der Waals surface area contributed by atoms with Crippen LogP contribution >= 0.6 is 11.3 Å². The fourth-order valence-corrected chi connectivity index (χ4v) is 4.95. The van der Waals surface area contributed by atoms with Gasteiger partial charge in [-0.25, -0.2) is 13.2 Å². The van der Waals surface area contributed by atoms with E-state index in [1.165, 1.54) is 10.4 Å². The molecule has 2 aromatic rings. The van der Waals surface area contributed by atoms with Crippen molar-refractivity contribution >= 4 is 27.3 Å². The summed E-state index contributed by atoms with van der Waals surface area (Å²) in [7, 11) is -3.75. The SMILES string of the molecule is Cc1cc(COC(=O)c2sccc2S(=O)(=O)N2CCOCC2)on1. The lowest BCUT2D eigenvalue weighted by Crippen LogP contribution is -2.40. The quantitative estimate of drug-likeness (QED) is 0.732. The highest BCUT2D eigenvalue weighted by molar-refractivity contribution is 7.89. The van der Waals surface area contributed by atoms with Crippen LogP contribution in [0.1, 0.15) is 21.1 Å². The second kappa shape index (κ2) is 7.01. The minimum atomic E-state index is -3.75. The smallest absolute Gasteiger partial charge is 0.350 e. The van der Waals surface area contributed by atoms with Gasteiger partial charge in [0.1, 0.15) is 9.77 Å². The molecule has 1 aliphatic rings. The van der Waals surface area contributed by atoms with Gasteiger partial charge in [0.05, 0.1) is 18.9 Å². The Hall–Kier alpha value is -1.75. The van der Waals surface area contributed by atoms with Crippen LogP contribution in [0.15, 0.2) is 26.9 Å². The predicted molar refractivity (Wildman–Crippen MR) is 84.3 cm³/mol. The van der Waals surface area contributed by atoms with Crippen LogP contribution in [-0.2, 0) is 26.1 Å². The van der Waals surface area contributed by atoms with Gasteiger partial charge in [0.15, 0.2) is 12.4 Å². The number of esters is 1. The lowest BCUT2D eigenvalue weighted by Gasteiger charge is -2.25. The van der Waals surface area contributed by atoms with Crippen molar-refractivity contribution in [1.29, 1.82) is 0 Å². The monoisotopic (exact) mass is 372 g/mol. The van der Waals surface area contributed by atoms with Gasteiger partial charge in [0, 0.05) is 19.2 Å². The Bertz CT molecular complexity index is 820. The largest absolute Gasteiger partial charge is 0.453 e. The maximum absolute atomic E-state index is 12.7. The molecule has 0 spiro atoms. The first-order valence-corrected chi connectivity index (χ1v) is 9.55.